The highest BCUT2D eigenvalue weighted by atomic mass is 15.2. The minimum absolute atomic E-state index is 0.134. The third-order valence-corrected chi connectivity index (χ3v) is 3.65. The van der Waals surface area contributed by atoms with Crippen LogP contribution in [0.25, 0.3) is 0 Å². The summed E-state index contributed by atoms with van der Waals surface area (Å²) in [5.74, 6) is 0. The van der Waals surface area contributed by atoms with Gasteiger partial charge in [0.15, 0.2) is 0 Å². The van der Waals surface area contributed by atoms with Crippen LogP contribution in [0.4, 0.5) is 0 Å². The molecule has 1 N–H and O–H groups in total. The zero-order valence-corrected chi connectivity index (χ0v) is 13.0. The van der Waals surface area contributed by atoms with Gasteiger partial charge in [0.2, 0.25) is 0 Å². The number of hydrogen-bond acceptors (Lipinski definition) is 3. The Bertz CT molecular complexity index is 415. The molecule has 2 rings (SSSR count). The first-order valence-corrected chi connectivity index (χ1v) is 7.19. The third kappa shape index (κ3) is 4.02. The second-order valence-corrected chi connectivity index (χ2v) is 7.32. The van der Waals surface area contributed by atoms with Gasteiger partial charge >= 0.3 is 0 Å². The second-order valence-electron chi connectivity index (χ2n) is 7.32. The number of rotatable bonds is 2. The minimum atomic E-state index is 0.134. The van der Waals surface area contributed by atoms with Crippen LogP contribution in [0.3, 0.4) is 0 Å². The Labute approximate surface area is 117 Å². The lowest BCUT2D eigenvalue weighted by molar-refractivity contribution is 0.148. The van der Waals surface area contributed by atoms with Gasteiger partial charge in [-0.25, -0.2) is 0 Å². The molecule has 0 amide bonds. The molecule has 1 fully saturated rings. The van der Waals surface area contributed by atoms with Gasteiger partial charge in [0.05, 0.1) is 0 Å². The van der Waals surface area contributed by atoms with Crippen LogP contribution in [-0.4, -0.2) is 35.1 Å². The van der Waals surface area contributed by atoms with Gasteiger partial charge in [-0.05, 0) is 25.5 Å². The molecule has 0 aromatic carbocycles. The Morgan fingerprint density at radius 2 is 2.05 bits per heavy atom. The largest absolute Gasteiger partial charge is 0.309 e. The molecule has 1 saturated heterocycles. The molecule has 3 heteroatoms. The summed E-state index contributed by atoms with van der Waals surface area (Å²) in [5, 5.41) is 3.55. The fraction of sp³-hybridized carbons (Fsp3) is 0.688. The Hall–Kier alpha value is -0.930. The van der Waals surface area contributed by atoms with E-state index in [1.165, 1.54) is 5.56 Å². The van der Waals surface area contributed by atoms with Crippen molar-refractivity contribution in [3.05, 3.63) is 29.6 Å². The van der Waals surface area contributed by atoms with Crippen molar-refractivity contribution in [3.8, 4) is 0 Å². The maximum absolute atomic E-state index is 4.61. The molecule has 3 nitrogen and oxygen atoms in total. The van der Waals surface area contributed by atoms with Crippen LogP contribution in [-0.2, 0) is 12.0 Å². The van der Waals surface area contributed by atoms with Crippen LogP contribution in [0.15, 0.2) is 18.3 Å². The quantitative estimate of drug-likeness (QED) is 0.887. The zero-order chi connectivity index (χ0) is 14.1. The Morgan fingerprint density at radius 3 is 2.58 bits per heavy atom. The van der Waals surface area contributed by atoms with E-state index in [-0.39, 0.29) is 11.0 Å². The number of aromatic nitrogens is 1. The maximum atomic E-state index is 4.61. The van der Waals surface area contributed by atoms with Crippen molar-refractivity contribution in [1.82, 2.24) is 15.2 Å². The van der Waals surface area contributed by atoms with Gasteiger partial charge in [-0.1, -0.05) is 26.8 Å². The van der Waals surface area contributed by atoms with Gasteiger partial charge in [-0.15, -0.1) is 0 Å². The summed E-state index contributed by atoms with van der Waals surface area (Å²) in [5.41, 5.74) is 2.83. The number of nitrogens with one attached hydrogen (secondary N) is 1. The monoisotopic (exact) mass is 261 g/mol. The third-order valence-electron chi connectivity index (χ3n) is 3.65. The normalized spacial score (nSPS) is 20.5. The van der Waals surface area contributed by atoms with Crippen LogP contribution in [0, 0.1) is 0 Å². The summed E-state index contributed by atoms with van der Waals surface area (Å²) in [6, 6.07) is 4.39. The number of hydrogen-bond donors (Lipinski definition) is 1. The Balaban J connectivity index is 2.00. The van der Waals surface area contributed by atoms with E-state index in [0.717, 1.165) is 31.9 Å². The van der Waals surface area contributed by atoms with E-state index >= 15 is 0 Å². The van der Waals surface area contributed by atoms with Crippen LogP contribution in [0.2, 0.25) is 0 Å². The molecule has 1 aliphatic rings. The van der Waals surface area contributed by atoms with Crippen molar-refractivity contribution in [2.75, 3.05) is 19.6 Å². The number of pyridine rings is 1. The lowest BCUT2D eigenvalue weighted by atomic mass is 9.91. The predicted molar refractivity (Wildman–Crippen MR) is 80.3 cm³/mol. The van der Waals surface area contributed by atoms with Crippen LogP contribution in [0.1, 0.15) is 45.9 Å². The molecular formula is C16H27N3. The van der Waals surface area contributed by atoms with E-state index in [9.17, 15) is 0 Å². The molecular weight excluding hydrogens is 234 g/mol. The fourth-order valence-electron chi connectivity index (χ4n) is 2.60. The van der Waals surface area contributed by atoms with Crippen molar-refractivity contribution < 1.29 is 0 Å². The average molecular weight is 261 g/mol. The molecule has 0 radical (unpaired) electrons. The molecule has 0 unspecified atom stereocenters. The summed E-state index contributed by atoms with van der Waals surface area (Å²) in [6.45, 7) is 15.4. The lowest BCUT2D eigenvalue weighted by Gasteiger charge is -2.39. The first kappa shape index (κ1) is 14.5. The van der Waals surface area contributed by atoms with E-state index in [2.05, 4.69) is 62.0 Å². The summed E-state index contributed by atoms with van der Waals surface area (Å²) < 4.78 is 0. The molecule has 19 heavy (non-hydrogen) atoms. The van der Waals surface area contributed by atoms with Crippen molar-refractivity contribution in [3.63, 3.8) is 0 Å². The molecule has 0 atom stereocenters. The molecule has 0 aliphatic carbocycles. The first-order chi connectivity index (χ1) is 8.76. The van der Waals surface area contributed by atoms with E-state index < -0.39 is 0 Å². The highest BCUT2D eigenvalue weighted by molar-refractivity contribution is 5.19. The van der Waals surface area contributed by atoms with Gasteiger partial charge in [-0.3, -0.25) is 9.88 Å². The molecule has 1 aliphatic heterocycles. The van der Waals surface area contributed by atoms with E-state index in [1.807, 2.05) is 6.20 Å². The summed E-state index contributed by atoms with van der Waals surface area (Å²) >= 11 is 0. The molecule has 2 heterocycles. The van der Waals surface area contributed by atoms with E-state index in [1.54, 1.807) is 0 Å². The SMILES string of the molecule is CC1(C)CN(Cc2ccc(C(C)(C)C)nc2)CCN1. The minimum Gasteiger partial charge on any atom is -0.309 e. The lowest BCUT2D eigenvalue weighted by Crippen LogP contribution is -2.56. The fourth-order valence-corrected chi connectivity index (χ4v) is 2.60. The van der Waals surface area contributed by atoms with E-state index in [0.29, 0.717) is 0 Å². The van der Waals surface area contributed by atoms with Crippen molar-refractivity contribution in [2.24, 2.45) is 0 Å². The first-order valence-electron chi connectivity index (χ1n) is 7.19. The van der Waals surface area contributed by atoms with Crippen molar-refractivity contribution in [2.45, 2.75) is 52.1 Å². The number of nitrogens with zero attached hydrogens (tertiary/aromatic N) is 2. The van der Waals surface area contributed by atoms with Crippen LogP contribution in [0.5, 0.6) is 0 Å². The second kappa shape index (κ2) is 5.22. The average Bonchev–Trinajstić information content (AvgIpc) is 2.27. The van der Waals surface area contributed by atoms with E-state index in [4.69, 9.17) is 0 Å². The molecule has 1 aromatic heterocycles. The highest BCUT2D eigenvalue weighted by Crippen LogP contribution is 2.20. The van der Waals surface area contributed by atoms with Gasteiger partial charge in [-0.2, -0.15) is 0 Å². The smallest absolute Gasteiger partial charge is 0.0457 e. The molecule has 0 saturated carbocycles. The zero-order valence-electron chi connectivity index (χ0n) is 13.0. The van der Waals surface area contributed by atoms with Gasteiger partial charge in [0.25, 0.3) is 0 Å². The Kier molecular flexibility index (Phi) is 3.98. The van der Waals surface area contributed by atoms with Gasteiger partial charge < -0.3 is 5.32 Å². The Morgan fingerprint density at radius 1 is 1.32 bits per heavy atom. The van der Waals surface area contributed by atoms with Crippen molar-refractivity contribution >= 4 is 0 Å². The number of piperazine rings is 1. The van der Waals surface area contributed by atoms with Crippen LogP contribution < -0.4 is 5.32 Å². The maximum Gasteiger partial charge on any atom is 0.0457 e. The molecule has 0 bridgehead atoms. The van der Waals surface area contributed by atoms with Gasteiger partial charge in [0, 0.05) is 49.0 Å². The summed E-state index contributed by atoms with van der Waals surface area (Å²) in [7, 11) is 0. The summed E-state index contributed by atoms with van der Waals surface area (Å²) in [4.78, 5) is 7.11. The molecule has 0 spiro atoms. The van der Waals surface area contributed by atoms with Crippen LogP contribution >= 0.6 is 0 Å². The molecule has 1 aromatic rings. The van der Waals surface area contributed by atoms with Gasteiger partial charge in [0.1, 0.15) is 0 Å². The highest BCUT2D eigenvalue weighted by Gasteiger charge is 2.25. The topological polar surface area (TPSA) is 28.2 Å². The predicted octanol–water partition coefficient (Wildman–Crippen LogP) is 2.56. The van der Waals surface area contributed by atoms with Crippen molar-refractivity contribution in [1.29, 1.82) is 0 Å². The molecule has 106 valence electrons. The summed E-state index contributed by atoms with van der Waals surface area (Å²) in [6.07, 6.45) is 2.04. The standard InChI is InChI=1S/C16H27N3/c1-15(2,3)14-7-6-13(10-17-14)11-19-9-8-18-16(4,5)12-19/h6-7,10,18H,8-9,11-12H2,1-5H3.